The maximum absolute atomic E-state index is 12.4. The molecule has 4 rings (SSSR count). The third-order valence-electron chi connectivity index (χ3n) is 4.23. The van der Waals surface area contributed by atoms with Gasteiger partial charge in [0.15, 0.2) is 0 Å². The summed E-state index contributed by atoms with van der Waals surface area (Å²) in [7, 11) is 0. The standard InChI is InChI=1S/C16H13NO2/c18-15-11-6-2-3-7-12(11)16(19)17(15)14-8-4-1-5-10-9-13(10)14/h1-8,10,13-14H,9H2. The average molecular weight is 251 g/mol. The molecule has 0 bridgehead atoms. The molecule has 1 aromatic carbocycles. The van der Waals surface area contributed by atoms with Gasteiger partial charge < -0.3 is 0 Å². The van der Waals surface area contributed by atoms with Crippen LogP contribution in [0.5, 0.6) is 0 Å². The van der Waals surface area contributed by atoms with E-state index in [-0.39, 0.29) is 17.9 Å². The van der Waals surface area contributed by atoms with Crippen molar-refractivity contribution in [2.75, 3.05) is 0 Å². The van der Waals surface area contributed by atoms with Crippen LogP contribution in [0.2, 0.25) is 0 Å². The predicted octanol–water partition coefficient (Wildman–Crippen LogP) is 2.41. The van der Waals surface area contributed by atoms with Crippen LogP contribution in [0, 0.1) is 11.8 Å². The van der Waals surface area contributed by atoms with Crippen LogP contribution in [0.1, 0.15) is 27.1 Å². The van der Waals surface area contributed by atoms with Gasteiger partial charge in [-0.15, -0.1) is 0 Å². The monoisotopic (exact) mass is 251 g/mol. The van der Waals surface area contributed by atoms with Gasteiger partial charge in [-0.05, 0) is 30.4 Å². The number of allylic oxidation sites excluding steroid dienone is 3. The summed E-state index contributed by atoms with van der Waals surface area (Å²) in [6, 6.07) is 6.99. The fourth-order valence-corrected chi connectivity index (χ4v) is 3.13. The van der Waals surface area contributed by atoms with Crippen LogP contribution in [0.3, 0.4) is 0 Å². The molecule has 0 saturated heterocycles. The Bertz CT molecular complexity index is 609. The fraction of sp³-hybridized carbons (Fsp3) is 0.250. The lowest BCUT2D eigenvalue weighted by atomic mass is 10.1. The fourth-order valence-electron chi connectivity index (χ4n) is 3.13. The molecule has 3 aliphatic rings. The summed E-state index contributed by atoms with van der Waals surface area (Å²) in [6.07, 6.45) is 9.18. The van der Waals surface area contributed by atoms with E-state index in [0.29, 0.717) is 23.0 Å². The Balaban J connectivity index is 1.74. The summed E-state index contributed by atoms with van der Waals surface area (Å²) in [6.45, 7) is 0. The van der Waals surface area contributed by atoms with Gasteiger partial charge in [0, 0.05) is 0 Å². The third-order valence-corrected chi connectivity index (χ3v) is 4.23. The highest BCUT2D eigenvalue weighted by Crippen LogP contribution is 2.47. The zero-order valence-electron chi connectivity index (χ0n) is 10.3. The maximum Gasteiger partial charge on any atom is 0.262 e. The van der Waals surface area contributed by atoms with Gasteiger partial charge in [-0.3, -0.25) is 14.5 Å². The Morgan fingerprint density at radius 3 is 2.26 bits per heavy atom. The molecule has 0 aromatic heterocycles. The van der Waals surface area contributed by atoms with Gasteiger partial charge in [0.1, 0.15) is 0 Å². The van der Waals surface area contributed by atoms with Crippen LogP contribution >= 0.6 is 0 Å². The van der Waals surface area contributed by atoms with Crippen molar-refractivity contribution in [2.45, 2.75) is 12.5 Å². The zero-order chi connectivity index (χ0) is 13.0. The van der Waals surface area contributed by atoms with Crippen LogP contribution in [0.25, 0.3) is 0 Å². The number of carbonyl (C=O) groups excluding carboxylic acids is 2. The number of hydrogen-bond acceptors (Lipinski definition) is 2. The van der Waals surface area contributed by atoms with Crippen LogP contribution in [-0.2, 0) is 0 Å². The summed E-state index contributed by atoms with van der Waals surface area (Å²) in [4.78, 5) is 26.3. The van der Waals surface area contributed by atoms with Crippen molar-refractivity contribution in [1.82, 2.24) is 4.90 Å². The van der Waals surface area contributed by atoms with Gasteiger partial charge in [-0.25, -0.2) is 0 Å². The number of nitrogens with zero attached hydrogens (tertiary/aromatic N) is 1. The van der Waals surface area contributed by atoms with Gasteiger partial charge in [0.05, 0.1) is 17.2 Å². The number of rotatable bonds is 1. The Morgan fingerprint density at radius 2 is 1.58 bits per heavy atom. The molecule has 1 aliphatic heterocycles. The summed E-state index contributed by atoms with van der Waals surface area (Å²) in [5, 5.41) is 0. The molecule has 3 atom stereocenters. The third kappa shape index (κ3) is 1.44. The van der Waals surface area contributed by atoms with Crippen molar-refractivity contribution in [3.63, 3.8) is 0 Å². The lowest BCUT2D eigenvalue weighted by Crippen LogP contribution is -2.40. The molecule has 3 unspecified atom stereocenters. The average Bonchev–Trinajstić information content (AvgIpc) is 3.16. The molecular formula is C16H13NO2. The van der Waals surface area contributed by atoms with E-state index < -0.39 is 0 Å². The minimum atomic E-state index is -0.150. The summed E-state index contributed by atoms with van der Waals surface area (Å²) < 4.78 is 0. The molecule has 19 heavy (non-hydrogen) atoms. The van der Waals surface area contributed by atoms with Crippen molar-refractivity contribution in [1.29, 1.82) is 0 Å². The van der Waals surface area contributed by atoms with Crippen molar-refractivity contribution in [2.24, 2.45) is 11.8 Å². The predicted molar refractivity (Wildman–Crippen MR) is 70.6 cm³/mol. The molecular weight excluding hydrogens is 238 g/mol. The van der Waals surface area contributed by atoms with Gasteiger partial charge in [-0.2, -0.15) is 0 Å². The highest BCUT2D eigenvalue weighted by atomic mass is 16.2. The number of amides is 2. The first-order chi connectivity index (χ1) is 9.27. The lowest BCUT2D eigenvalue weighted by Gasteiger charge is -2.23. The highest BCUT2D eigenvalue weighted by molar-refractivity contribution is 6.21. The molecule has 1 fully saturated rings. The van der Waals surface area contributed by atoms with Gasteiger partial charge in [-0.1, -0.05) is 36.4 Å². The second-order valence-corrected chi connectivity index (χ2v) is 5.35. The minimum absolute atomic E-state index is 0.0904. The molecule has 3 heteroatoms. The molecule has 1 saturated carbocycles. The molecule has 3 nitrogen and oxygen atoms in total. The van der Waals surface area contributed by atoms with E-state index in [1.165, 1.54) is 4.90 Å². The normalized spacial score (nSPS) is 31.2. The first-order valence-corrected chi connectivity index (χ1v) is 6.59. The van der Waals surface area contributed by atoms with E-state index in [4.69, 9.17) is 0 Å². The number of benzene rings is 1. The van der Waals surface area contributed by atoms with Crippen molar-refractivity contribution in [3.05, 3.63) is 59.7 Å². The highest BCUT2D eigenvalue weighted by Gasteiger charge is 2.49. The smallest absolute Gasteiger partial charge is 0.262 e. The van der Waals surface area contributed by atoms with Crippen LogP contribution in [0.15, 0.2) is 48.6 Å². The van der Waals surface area contributed by atoms with Crippen LogP contribution < -0.4 is 0 Å². The number of fused-ring (bicyclic) bond motifs is 2. The van der Waals surface area contributed by atoms with Gasteiger partial charge >= 0.3 is 0 Å². The van der Waals surface area contributed by atoms with Crippen molar-refractivity contribution in [3.8, 4) is 0 Å². The molecule has 94 valence electrons. The Labute approximate surface area is 111 Å². The maximum atomic E-state index is 12.4. The summed E-state index contributed by atoms with van der Waals surface area (Å²) >= 11 is 0. The molecule has 0 spiro atoms. The first kappa shape index (κ1) is 10.7. The largest absolute Gasteiger partial charge is 0.269 e. The van der Waals surface area contributed by atoms with E-state index in [0.717, 1.165) is 6.42 Å². The number of imide groups is 1. The second kappa shape index (κ2) is 3.67. The van der Waals surface area contributed by atoms with E-state index in [2.05, 4.69) is 6.08 Å². The summed E-state index contributed by atoms with van der Waals surface area (Å²) in [5.41, 5.74) is 1.07. The van der Waals surface area contributed by atoms with Gasteiger partial charge in [0.2, 0.25) is 0 Å². The Kier molecular flexibility index (Phi) is 2.07. The van der Waals surface area contributed by atoms with E-state index in [9.17, 15) is 9.59 Å². The Hall–Kier alpha value is -2.16. The lowest BCUT2D eigenvalue weighted by molar-refractivity contribution is 0.0598. The van der Waals surface area contributed by atoms with Crippen molar-refractivity contribution >= 4 is 11.8 Å². The summed E-state index contributed by atoms with van der Waals surface area (Å²) in [5.74, 6) is 0.618. The SMILES string of the molecule is O=C1c2ccccc2C(=O)N1C1C=CC=CC2CC21. The zero-order valence-corrected chi connectivity index (χ0v) is 10.3. The minimum Gasteiger partial charge on any atom is -0.269 e. The Morgan fingerprint density at radius 1 is 0.947 bits per heavy atom. The second-order valence-electron chi connectivity index (χ2n) is 5.35. The molecule has 1 heterocycles. The quantitative estimate of drug-likeness (QED) is 0.719. The van der Waals surface area contributed by atoms with E-state index in [1.54, 1.807) is 24.3 Å². The van der Waals surface area contributed by atoms with Crippen molar-refractivity contribution < 1.29 is 9.59 Å². The van der Waals surface area contributed by atoms with Gasteiger partial charge in [0.25, 0.3) is 11.8 Å². The molecule has 2 amide bonds. The molecule has 1 aromatic rings. The number of carbonyl (C=O) groups is 2. The van der Waals surface area contributed by atoms with Crippen LogP contribution in [0.4, 0.5) is 0 Å². The van der Waals surface area contributed by atoms with E-state index >= 15 is 0 Å². The molecule has 0 N–H and O–H groups in total. The topological polar surface area (TPSA) is 37.4 Å². The molecule has 2 aliphatic carbocycles. The number of hydrogen-bond donors (Lipinski definition) is 0. The molecule has 0 radical (unpaired) electrons. The first-order valence-electron chi connectivity index (χ1n) is 6.59. The van der Waals surface area contributed by atoms with Crippen LogP contribution in [-0.4, -0.2) is 22.8 Å². The van der Waals surface area contributed by atoms with E-state index in [1.807, 2.05) is 18.2 Å².